The lowest BCUT2D eigenvalue weighted by atomic mass is 10.0. The van der Waals surface area contributed by atoms with Crippen molar-refractivity contribution < 1.29 is 28.6 Å². The van der Waals surface area contributed by atoms with Gasteiger partial charge in [0.1, 0.15) is 10.8 Å². The van der Waals surface area contributed by atoms with Gasteiger partial charge in [-0.2, -0.15) is 0 Å². The molecule has 0 fully saturated rings. The molecule has 0 spiro atoms. The Balaban J connectivity index is 1.84. The molecular weight excluding hydrogens is 444 g/mol. The number of amides is 2. The second kappa shape index (κ2) is 11.7. The summed E-state index contributed by atoms with van der Waals surface area (Å²) in [5.41, 5.74) is 1.60. The van der Waals surface area contributed by atoms with E-state index in [1.807, 2.05) is 6.07 Å². The molecule has 33 heavy (non-hydrogen) atoms. The lowest BCUT2D eigenvalue weighted by Crippen LogP contribution is -2.36. The number of carbonyl (C=O) groups excluding carboxylic acids is 3. The van der Waals surface area contributed by atoms with Crippen molar-refractivity contribution in [3.8, 4) is 5.75 Å². The summed E-state index contributed by atoms with van der Waals surface area (Å²) >= 11 is 1.29. The third kappa shape index (κ3) is 6.04. The van der Waals surface area contributed by atoms with Gasteiger partial charge in [0.25, 0.3) is 5.91 Å². The Labute approximate surface area is 197 Å². The topological polar surface area (TPSA) is 94.2 Å². The number of ether oxygens (including phenoxy) is 3. The number of carbonyl (C=O) groups is 3. The highest BCUT2D eigenvalue weighted by Crippen LogP contribution is 2.38. The van der Waals surface area contributed by atoms with Gasteiger partial charge >= 0.3 is 12.1 Å². The molecule has 8 nitrogen and oxygen atoms in total. The number of unbranched alkanes of at least 4 members (excludes halogenated alkanes) is 1. The Hall–Kier alpha value is -3.07. The maximum Gasteiger partial charge on any atom is 0.410 e. The van der Waals surface area contributed by atoms with E-state index >= 15 is 0 Å². The first-order valence-electron chi connectivity index (χ1n) is 11.3. The average molecular weight is 475 g/mol. The van der Waals surface area contributed by atoms with E-state index in [9.17, 15) is 14.4 Å². The highest BCUT2D eigenvalue weighted by Gasteiger charge is 2.31. The smallest absolute Gasteiger partial charge is 0.410 e. The molecule has 9 heteroatoms. The molecule has 0 saturated heterocycles. The van der Waals surface area contributed by atoms with Crippen molar-refractivity contribution in [3.05, 3.63) is 45.8 Å². The Bertz CT molecular complexity index is 1000. The van der Waals surface area contributed by atoms with Crippen molar-refractivity contribution in [3.63, 3.8) is 0 Å². The molecule has 1 aromatic carbocycles. The molecule has 2 aromatic rings. The number of benzene rings is 1. The summed E-state index contributed by atoms with van der Waals surface area (Å²) in [4.78, 5) is 40.3. The predicted octanol–water partition coefficient (Wildman–Crippen LogP) is 4.87. The van der Waals surface area contributed by atoms with Gasteiger partial charge in [-0.15, -0.1) is 11.3 Å². The number of rotatable bonds is 9. The third-order valence-electron chi connectivity index (χ3n) is 5.15. The Kier molecular flexibility index (Phi) is 8.71. The van der Waals surface area contributed by atoms with Crippen LogP contribution in [-0.4, -0.2) is 49.2 Å². The first-order valence-corrected chi connectivity index (χ1v) is 12.1. The van der Waals surface area contributed by atoms with Crippen LogP contribution in [0.15, 0.2) is 24.3 Å². The lowest BCUT2D eigenvalue weighted by Gasteiger charge is -2.26. The van der Waals surface area contributed by atoms with E-state index in [1.165, 1.54) is 11.3 Å². The van der Waals surface area contributed by atoms with E-state index in [1.54, 1.807) is 36.9 Å². The van der Waals surface area contributed by atoms with E-state index in [2.05, 4.69) is 12.2 Å². The number of hydrogen-bond acceptors (Lipinski definition) is 7. The van der Waals surface area contributed by atoms with Gasteiger partial charge in [0.2, 0.25) is 0 Å². The van der Waals surface area contributed by atoms with Gasteiger partial charge in [0.15, 0.2) is 0 Å². The molecular formula is C24H30N2O6S. The van der Waals surface area contributed by atoms with Crippen LogP contribution in [0.4, 0.5) is 9.80 Å². The summed E-state index contributed by atoms with van der Waals surface area (Å²) in [6.45, 7) is 7.44. The molecule has 1 aliphatic heterocycles. The van der Waals surface area contributed by atoms with Crippen LogP contribution in [-0.2, 0) is 22.4 Å². The zero-order valence-electron chi connectivity index (χ0n) is 19.3. The van der Waals surface area contributed by atoms with Crippen molar-refractivity contribution in [2.75, 3.05) is 31.7 Å². The van der Waals surface area contributed by atoms with Crippen molar-refractivity contribution in [2.45, 2.75) is 46.6 Å². The number of nitrogens with one attached hydrogen (secondary N) is 1. The van der Waals surface area contributed by atoms with Crippen LogP contribution in [0.25, 0.3) is 0 Å². The normalized spacial score (nSPS) is 12.6. The Morgan fingerprint density at radius 2 is 1.91 bits per heavy atom. The van der Waals surface area contributed by atoms with Gasteiger partial charge in [0, 0.05) is 17.0 Å². The minimum absolute atomic E-state index is 0.225. The Morgan fingerprint density at radius 1 is 1.12 bits per heavy atom. The van der Waals surface area contributed by atoms with Crippen LogP contribution < -0.4 is 10.1 Å². The molecule has 1 aromatic heterocycles. The van der Waals surface area contributed by atoms with E-state index in [0.29, 0.717) is 54.6 Å². The SMILES string of the molecule is CCCCOc1cccc(C(=O)Nc2sc3c(c2C(=O)OCC)CCN(C(=O)OCC)C3)c1. The first kappa shape index (κ1) is 24.6. The van der Waals surface area contributed by atoms with E-state index in [4.69, 9.17) is 14.2 Å². The molecule has 1 N–H and O–H groups in total. The molecule has 0 aliphatic carbocycles. The van der Waals surface area contributed by atoms with Gasteiger partial charge < -0.3 is 24.4 Å². The zero-order valence-corrected chi connectivity index (χ0v) is 20.1. The molecule has 0 radical (unpaired) electrons. The Morgan fingerprint density at radius 3 is 2.64 bits per heavy atom. The molecule has 3 rings (SSSR count). The first-order chi connectivity index (χ1) is 16.0. The van der Waals surface area contributed by atoms with Crippen molar-refractivity contribution in [1.29, 1.82) is 0 Å². The molecule has 0 atom stereocenters. The summed E-state index contributed by atoms with van der Waals surface area (Å²) in [6.07, 6.45) is 2.05. The molecule has 2 heterocycles. The second-order valence-corrected chi connectivity index (χ2v) is 8.59. The molecule has 1 aliphatic rings. The number of esters is 1. The highest BCUT2D eigenvalue weighted by molar-refractivity contribution is 7.17. The van der Waals surface area contributed by atoms with Gasteiger partial charge in [0.05, 0.1) is 31.9 Å². The van der Waals surface area contributed by atoms with Crippen LogP contribution in [0.5, 0.6) is 5.75 Å². The van der Waals surface area contributed by atoms with Crippen LogP contribution in [0, 0.1) is 0 Å². The summed E-state index contributed by atoms with van der Waals surface area (Å²) < 4.78 is 16.1. The highest BCUT2D eigenvalue weighted by atomic mass is 32.1. The fourth-order valence-electron chi connectivity index (χ4n) is 3.52. The summed E-state index contributed by atoms with van der Waals surface area (Å²) in [6, 6.07) is 6.95. The number of nitrogens with zero attached hydrogens (tertiary/aromatic N) is 1. The van der Waals surface area contributed by atoms with E-state index < -0.39 is 5.97 Å². The van der Waals surface area contributed by atoms with Crippen LogP contribution in [0.3, 0.4) is 0 Å². The van der Waals surface area contributed by atoms with Crippen LogP contribution in [0.1, 0.15) is 64.8 Å². The minimum atomic E-state index is -0.480. The van der Waals surface area contributed by atoms with Crippen LogP contribution in [0.2, 0.25) is 0 Å². The summed E-state index contributed by atoms with van der Waals surface area (Å²) in [5.74, 6) is -0.203. The monoisotopic (exact) mass is 474 g/mol. The molecule has 2 amide bonds. The largest absolute Gasteiger partial charge is 0.494 e. The second-order valence-electron chi connectivity index (χ2n) is 7.48. The summed E-state index contributed by atoms with van der Waals surface area (Å²) in [7, 11) is 0. The van der Waals surface area contributed by atoms with Gasteiger partial charge in [-0.3, -0.25) is 4.79 Å². The lowest BCUT2D eigenvalue weighted by molar-refractivity contribution is 0.0526. The fourth-order valence-corrected chi connectivity index (χ4v) is 4.76. The molecule has 0 saturated carbocycles. The number of fused-ring (bicyclic) bond motifs is 1. The maximum absolute atomic E-state index is 13.0. The number of thiophene rings is 1. The van der Waals surface area contributed by atoms with Gasteiger partial charge in [-0.05, 0) is 50.5 Å². The van der Waals surface area contributed by atoms with Crippen molar-refractivity contribution >= 4 is 34.3 Å². The number of anilines is 1. The minimum Gasteiger partial charge on any atom is -0.494 e. The standard InChI is InChI=1S/C24H30N2O6S/c1-4-7-13-32-17-10-8-9-16(14-17)21(27)25-22-20(23(28)30-5-2)18-11-12-26(15-19(18)33-22)24(29)31-6-3/h8-10,14H,4-7,11-13,15H2,1-3H3,(H,25,27). The molecule has 178 valence electrons. The fraction of sp³-hybridized carbons (Fsp3) is 0.458. The zero-order chi connectivity index (χ0) is 23.8. The molecule has 0 bridgehead atoms. The predicted molar refractivity (Wildman–Crippen MR) is 126 cm³/mol. The van der Waals surface area contributed by atoms with E-state index in [0.717, 1.165) is 23.3 Å². The molecule has 0 unspecified atom stereocenters. The maximum atomic E-state index is 13.0. The van der Waals surface area contributed by atoms with Gasteiger partial charge in [-0.1, -0.05) is 19.4 Å². The van der Waals surface area contributed by atoms with Crippen molar-refractivity contribution in [2.24, 2.45) is 0 Å². The third-order valence-corrected chi connectivity index (χ3v) is 6.28. The van der Waals surface area contributed by atoms with Crippen molar-refractivity contribution in [1.82, 2.24) is 4.90 Å². The summed E-state index contributed by atoms with van der Waals surface area (Å²) in [5, 5.41) is 3.30. The van der Waals surface area contributed by atoms with E-state index in [-0.39, 0.29) is 18.6 Å². The average Bonchev–Trinajstić information content (AvgIpc) is 3.16. The quantitative estimate of drug-likeness (QED) is 0.412. The van der Waals surface area contributed by atoms with Crippen LogP contribution >= 0.6 is 11.3 Å². The number of hydrogen-bond donors (Lipinski definition) is 1. The van der Waals surface area contributed by atoms with Gasteiger partial charge in [-0.25, -0.2) is 9.59 Å².